The van der Waals surface area contributed by atoms with E-state index in [2.05, 4.69) is 5.32 Å². The van der Waals surface area contributed by atoms with Crippen LogP contribution in [0.5, 0.6) is 0 Å². The summed E-state index contributed by atoms with van der Waals surface area (Å²) in [6, 6.07) is 13.6. The van der Waals surface area contributed by atoms with E-state index >= 15 is 0 Å². The fourth-order valence-corrected chi connectivity index (χ4v) is 4.60. The number of anilines is 2. The van der Waals surface area contributed by atoms with Gasteiger partial charge in [0.1, 0.15) is 16.3 Å². The molecule has 10 heteroatoms. The molecule has 1 saturated heterocycles. The Morgan fingerprint density at radius 3 is 2.55 bits per heavy atom. The summed E-state index contributed by atoms with van der Waals surface area (Å²) in [7, 11) is 1.27. The third-order valence-electron chi connectivity index (χ3n) is 5.28. The first-order valence-electron chi connectivity index (χ1n) is 10.2. The van der Waals surface area contributed by atoms with Crippen molar-refractivity contribution >= 4 is 39.6 Å². The van der Waals surface area contributed by atoms with E-state index in [4.69, 9.17) is 9.47 Å². The number of carbonyl (C=O) groups excluding carboxylic acids is 2. The van der Waals surface area contributed by atoms with Crippen LogP contribution in [0.3, 0.4) is 0 Å². The van der Waals surface area contributed by atoms with E-state index in [1.165, 1.54) is 30.6 Å². The number of ether oxygens (including phenoxy) is 2. The number of carbonyl (C=O) groups is 2. The molecule has 0 aliphatic carbocycles. The van der Waals surface area contributed by atoms with Gasteiger partial charge < -0.3 is 19.7 Å². The van der Waals surface area contributed by atoms with Crippen LogP contribution in [0.2, 0.25) is 0 Å². The smallest absolute Gasteiger partial charge is 0.341 e. The van der Waals surface area contributed by atoms with Gasteiger partial charge in [0.05, 0.1) is 25.2 Å². The van der Waals surface area contributed by atoms with Gasteiger partial charge in [-0.25, -0.2) is 4.79 Å². The minimum Gasteiger partial charge on any atom is -0.465 e. The van der Waals surface area contributed by atoms with Crippen LogP contribution in [0.25, 0.3) is 11.1 Å². The molecule has 1 amide bonds. The number of amides is 1. The highest BCUT2D eigenvalue weighted by molar-refractivity contribution is 7.15. The van der Waals surface area contributed by atoms with E-state index in [-0.39, 0.29) is 16.8 Å². The molecular formula is C23H21N3O6S. The topological polar surface area (TPSA) is 111 Å². The van der Waals surface area contributed by atoms with Crippen molar-refractivity contribution in [2.24, 2.45) is 0 Å². The maximum Gasteiger partial charge on any atom is 0.341 e. The van der Waals surface area contributed by atoms with Crippen LogP contribution in [0.1, 0.15) is 20.7 Å². The van der Waals surface area contributed by atoms with Crippen molar-refractivity contribution < 1.29 is 24.0 Å². The van der Waals surface area contributed by atoms with Crippen LogP contribution >= 0.6 is 11.3 Å². The predicted molar refractivity (Wildman–Crippen MR) is 125 cm³/mol. The zero-order valence-electron chi connectivity index (χ0n) is 17.8. The van der Waals surface area contributed by atoms with E-state index in [0.717, 1.165) is 5.56 Å². The normalized spacial score (nSPS) is 13.4. The van der Waals surface area contributed by atoms with Crippen LogP contribution in [0.4, 0.5) is 16.4 Å². The third kappa shape index (κ3) is 4.71. The maximum absolute atomic E-state index is 13.0. The number of hydrogen-bond acceptors (Lipinski definition) is 8. The molecule has 0 bridgehead atoms. The maximum atomic E-state index is 13.0. The lowest BCUT2D eigenvalue weighted by Crippen LogP contribution is -2.36. The third-order valence-corrected chi connectivity index (χ3v) is 6.17. The van der Waals surface area contributed by atoms with Crippen molar-refractivity contribution in [3.63, 3.8) is 0 Å². The summed E-state index contributed by atoms with van der Waals surface area (Å²) in [5, 5.41) is 16.5. The number of benzene rings is 2. The molecule has 1 aromatic heterocycles. The van der Waals surface area contributed by atoms with Crippen molar-refractivity contribution in [2.75, 3.05) is 43.6 Å². The molecule has 1 aliphatic heterocycles. The van der Waals surface area contributed by atoms with Crippen molar-refractivity contribution in [2.45, 2.75) is 0 Å². The number of methoxy groups -OCH3 is 1. The number of nitro groups is 1. The SMILES string of the molecule is COC(=O)c1c(-c2ccccc2)csc1NC(=O)c1ccc(N2CCOCC2)c([N+](=O)[O-])c1. The second-order valence-electron chi connectivity index (χ2n) is 7.23. The number of thiophene rings is 1. The number of rotatable bonds is 6. The molecule has 1 fully saturated rings. The lowest BCUT2D eigenvalue weighted by atomic mass is 10.0. The molecule has 0 unspecified atom stereocenters. The van der Waals surface area contributed by atoms with Gasteiger partial charge in [0, 0.05) is 35.7 Å². The molecule has 0 saturated carbocycles. The molecule has 4 rings (SSSR count). The van der Waals surface area contributed by atoms with Crippen molar-refractivity contribution in [3.05, 3.63) is 75.2 Å². The molecule has 9 nitrogen and oxygen atoms in total. The van der Waals surface area contributed by atoms with Gasteiger partial charge in [-0.1, -0.05) is 30.3 Å². The number of morpholine rings is 1. The Balaban J connectivity index is 1.64. The standard InChI is InChI=1S/C23H21N3O6S/c1-31-23(28)20-17(15-5-3-2-4-6-15)14-33-22(20)24-21(27)16-7-8-18(19(13-16)26(29)30)25-9-11-32-12-10-25/h2-8,13-14H,9-12H2,1H3,(H,24,27). The summed E-state index contributed by atoms with van der Waals surface area (Å²) < 4.78 is 10.2. The van der Waals surface area contributed by atoms with Crippen molar-refractivity contribution in [1.82, 2.24) is 0 Å². The van der Waals surface area contributed by atoms with Crippen LogP contribution < -0.4 is 10.2 Å². The van der Waals surface area contributed by atoms with Gasteiger partial charge in [-0.2, -0.15) is 0 Å². The number of hydrogen-bond donors (Lipinski definition) is 1. The average Bonchev–Trinajstić information content (AvgIpc) is 3.27. The number of nitrogens with zero attached hydrogens (tertiary/aromatic N) is 2. The summed E-state index contributed by atoms with van der Waals surface area (Å²) in [4.78, 5) is 38.5. The monoisotopic (exact) mass is 467 g/mol. The first kappa shape index (κ1) is 22.4. The second kappa shape index (κ2) is 9.80. The first-order chi connectivity index (χ1) is 16.0. The Morgan fingerprint density at radius 2 is 1.88 bits per heavy atom. The molecule has 170 valence electrons. The van der Waals surface area contributed by atoms with E-state index in [9.17, 15) is 19.7 Å². The molecule has 0 atom stereocenters. The van der Waals surface area contributed by atoms with Crippen molar-refractivity contribution in [1.29, 1.82) is 0 Å². The number of esters is 1. The minimum atomic E-state index is -0.584. The Labute approximate surface area is 193 Å². The molecule has 1 N–H and O–H groups in total. The van der Waals surface area contributed by atoms with Gasteiger partial charge in [0.2, 0.25) is 0 Å². The number of nitro benzene ring substituents is 1. The van der Waals surface area contributed by atoms with Gasteiger partial charge in [-0.3, -0.25) is 14.9 Å². The van der Waals surface area contributed by atoms with Gasteiger partial charge in [0.25, 0.3) is 11.6 Å². The first-order valence-corrected chi connectivity index (χ1v) is 11.0. The lowest BCUT2D eigenvalue weighted by Gasteiger charge is -2.28. The van der Waals surface area contributed by atoms with Crippen LogP contribution in [0, 0.1) is 10.1 Å². The molecule has 3 aromatic rings. The summed E-state index contributed by atoms with van der Waals surface area (Å²) in [5.74, 6) is -1.14. The highest BCUT2D eigenvalue weighted by atomic mass is 32.1. The zero-order chi connectivity index (χ0) is 23.4. The number of nitrogens with one attached hydrogen (secondary N) is 1. The highest BCUT2D eigenvalue weighted by Gasteiger charge is 2.26. The Kier molecular flexibility index (Phi) is 6.66. The molecule has 0 radical (unpaired) electrons. The summed E-state index contributed by atoms with van der Waals surface area (Å²) in [6.07, 6.45) is 0. The molecule has 1 aliphatic rings. The van der Waals surface area contributed by atoms with Gasteiger partial charge in [-0.05, 0) is 17.7 Å². The molecule has 2 aromatic carbocycles. The lowest BCUT2D eigenvalue weighted by molar-refractivity contribution is -0.384. The fraction of sp³-hybridized carbons (Fsp3) is 0.217. The quantitative estimate of drug-likeness (QED) is 0.329. The Hall–Kier alpha value is -3.76. The van der Waals surface area contributed by atoms with Crippen LogP contribution in [-0.2, 0) is 9.47 Å². The second-order valence-corrected chi connectivity index (χ2v) is 8.10. The van der Waals surface area contributed by atoms with E-state index < -0.39 is 16.8 Å². The van der Waals surface area contributed by atoms with Gasteiger partial charge >= 0.3 is 5.97 Å². The van der Waals surface area contributed by atoms with Crippen LogP contribution in [0.15, 0.2) is 53.9 Å². The van der Waals surface area contributed by atoms with E-state index in [1.54, 1.807) is 11.4 Å². The van der Waals surface area contributed by atoms with E-state index in [0.29, 0.717) is 42.6 Å². The largest absolute Gasteiger partial charge is 0.465 e. The van der Waals surface area contributed by atoms with Crippen molar-refractivity contribution in [3.8, 4) is 11.1 Å². The van der Waals surface area contributed by atoms with Gasteiger partial charge in [0.15, 0.2) is 0 Å². The highest BCUT2D eigenvalue weighted by Crippen LogP contribution is 2.37. The molecule has 33 heavy (non-hydrogen) atoms. The molecular weight excluding hydrogens is 446 g/mol. The summed E-state index contributed by atoms with van der Waals surface area (Å²) >= 11 is 1.19. The summed E-state index contributed by atoms with van der Waals surface area (Å²) in [5.41, 5.74) is 2.08. The van der Waals surface area contributed by atoms with Gasteiger partial charge in [-0.15, -0.1) is 11.3 Å². The average molecular weight is 468 g/mol. The molecule has 0 spiro atoms. The Bertz CT molecular complexity index is 1190. The van der Waals surface area contributed by atoms with E-state index in [1.807, 2.05) is 35.2 Å². The summed E-state index contributed by atoms with van der Waals surface area (Å²) in [6.45, 7) is 2.04. The minimum absolute atomic E-state index is 0.115. The zero-order valence-corrected chi connectivity index (χ0v) is 18.6. The fourth-order valence-electron chi connectivity index (χ4n) is 3.64. The van der Waals surface area contributed by atoms with Crippen LogP contribution in [-0.4, -0.2) is 50.2 Å². The Morgan fingerprint density at radius 1 is 1.15 bits per heavy atom. The predicted octanol–water partition coefficient (Wildman–Crippen LogP) is 4.20. The molecule has 2 heterocycles.